The van der Waals surface area contributed by atoms with Crippen molar-refractivity contribution in [2.45, 2.75) is 64.3 Å². The Balaban J connectivity index is 2.12. The van der Waals surface area contributed by atoms with Gasteiger partial charge >= 0.3 is 12.3 Å². The molecule has 3 rings (SSSR count). The highest BCUT2D eigenvalue weighted by atomic mass is 79.9. The van der Waals surface area contributed by atoms with Crippen molar-refractivity contribution in [3.8, 4) is 0 Å². The lowest BCUT2D eigenvalue weighted by Crippen LogP contribution is -2.48. The molecule has 0 bridgehead atoms. The summed E-state index contributed by atoms with van der Waals surface area (Å²) in [6, 6.07) is 2.49. The summed E-state index contributed by atoms with van der Waals surface area (Å²) >= 11 is 3.16. The van der Waals surface area contributed by atoms with Gasteiger partial charge in [-0.25, -0.2) is 4.79 Å². The first kappa shape index (κ1) is 18.5. The average Bonchev–Trinajstić information content (AvgIpc) is 3.26. The largest absolute Gasteiger partial charge is 0.443 e. The maximum absolute atomic E-state index is 13.7. The molecule has 7 heteroatoms. The van der Waals surface area contributed by atoms with Gasteiger partial charge in [0, 0.05) is 10.5 Å². The number of hydrogen-bond acceptors (Lipinski definition) is 2. The van der Waals surface area contributed by atoms with Gasteiger partial charge in [0.2, 0.25) is 0 Å². The molecule has 1 aliphatic heterocycles. The lowest BCUT2D eigenvalue weighted by atomic mass is 9.91. The van der Waals surface area contributed by atoms with Crippen molar-refractivity contribution >= 4 is 27.7 Å². The lowest BCUT2D eigenvalue weighted by Gasteiger charge is -2.39. The predicted octanol–water partition coefficient (Wildman–Crippen LogP) is 5.93. The molecule has 1 fully saturated rings. The van der Waals surface area contributed by atoms with Crippen molar-refractivity contribution in [3.05, 3.63) is 27.7 Å². The number of ether oxygens (including phenoxy) is 1. The number of rotatable bonds is 1. The number of benzene rings is 1. The first-order valence-corrected chi connectivity index (χ1v) is 9.18. The fraction of sp³-hybridized carbons (Fsp3) is 0.611. The normalized spacial score (nSPS) is 21.1. The number of alkyl halides is 3. The Morgan fingerprint density at radius 2 is 1.84 bits per heavy atom. The van der Waals surface area contributed by atoms with Gasteiger partial charge < -0.3 is 4.74 Å². The summed E-state index contributed by atoms with van der Waals surface area (Å²) in [5, 5.41) is 0. The highest BCUT2D eigenvalue weighted by Gasteiger charge is 2.46. The number of aryl methyl sites for hydroxylation is 1. The molecule has 0 saturated heterocycles. The van der Waals surface area contributed by atoms with Gasteiger partial charge in [-0.2, -0.15) is 13.2 Å². The van der Waals surface area contributed by atoms with Crippen LogP contribution in [-0.2, 0) is 17.3 Å². The van der Waals surface area contributed by atoms with E-state index in [2.05, 4.69) is 15.9 Å². The van der Waals surface area contributed by atoms with Crippen molar-refractivity contribution in [1.82, 2.24) is 0 Å². The summed E-state index contributed by atoms with van der Waals surface area (Å²) in [5.74, 6) is 0.255. The Kier molecular flexibility index (Phi) is 4.58. The van der Waals surface area contributed by atoms with Crippen LogP contribution in [0.2, 0.25) is 0 Å². The van der Waals surface area contributed by atoms with Crippen molar-refractivity contribution in [3.63, 3.8) is 0 Å². The van der Waals surface area contributed by atoms with Gasteiger partial charge in [-0.1, -0.05) is 15.9 Å². The molecule has 2 aliphatic rings. The molecular weight excluding hydrogens is 399 g/mol. The van der Waals surface area contributed by atoms with Gasteiger partial charge in [-0.05, 0) is 70.1 Å². The maximum Gasteiger partial charge on any atom is 0.418 e. The topological polar surface area (TPSA) is 29.5 Å². The number of fused-ring (bicyclic) bond motifs is 1. The summed E-state index contributed by atoms with van der Waals surface area (Å²) in [7, 11) is 0. The zero-order valence-corrected chi connectivity index (χ0v) is 16.0. The van der Waals surface area contributed by atoms with Gasteiger partial charge in [0.1, 0.15) is 5.60 Å². The molecule has 1 heterocycles. The number of amides is 1. The number of nitrogens with zero attached hydrogens (tertiary/aromatic N) is 1. The first-order valence-electron chi connectivity index (χ1n) is 8.39. The van der Waals surface area contributed by atoms with Crippen molar-refractivity contribution < 1.29 is 22.7 Å². The van der Waals surface area contributed by atoms with E-state index in [0.29, 0.717) is 22.9 Å². The van der Waals surface area contributed by atoms with Crippen LogP contribution < -0.4 is 4.90 Å². The van der Waals surface area contributed by atoms with Crippen LogP contribution in [0, 0.1) is 5.92 Å². The third kappa shape index (κ3) is 3.96. The molecule has 0 spiro atoms. The van der Waals surface area contributed by atoms with E-state index < -0.39 is 23.4 Å². The minimum atomic E-state index is -4.54. The zero-order valence-electron chi connectivity index (χ0n) is 14.4. The van der Waals surface area contributed by atoms with E-state index in [-0.39, 0.29) is 17.6 Å². The summed E-state index contributed by atoms with van der Waals surface area (Å²) in [5.41, 5.74) is -1.05. The Hall–Kier alpha value is -1.24. The standard InChI is InChI=1S/C18H21BrF3NO2/c1-17(2,3)25-16(24)23-14(10-4-5-10)7-6-11-8-12(19)9-13(15(11)23)18(20,21)22/h8-10,14H,4-7H2,1-3H3. The van der Waals surface area contributed by atoms with Gasteiger partial charge in [0.05, 0.1) is 11.3 Å². The Bertz CT molecular complexity index is 693. The van der Waals surface area contributed by atoms with Crippen LogP contribution in [-0.4, -0.2) is 17.7 Å². The Labute approximate surface area is 153 Å². The van der Waals surface area contributed by atoms with Crippen LogP contribution >= 0.6 is 15.9 Å². The molecule has 1 unspecified atom stereocenters. The molecule has 1 amide bonds. The minimum absolute atomic E-state index is 0.0342. The summed E-state index contributed by atoms with van der Waals surface area (Å²) in [6.45, 7) is 5.15. The van der Waals surface area contributed by atoms with E-state index in [9.17, 15) is 18.0 Å². The van der Waals surface area contributed by atoms with Crippen molar-refractivity contribution in [2.24, 2.45) is 5.92 Å². The van der Waals surface area contributed by atoms with E-state index in [1.54, 1.807) is 26.8 Å². The van der Waals surface area contributed by atoms with Gasteiger partial charge in [0.25, 0.3) is 0 Å². The molecule has 1 aromatic rings. The fourth-order valence-electron chi connectivity index (χ4n) is 3.41. The molecule has 1 aromatic carbocycles. The van der Waals surface area contributed by atoms with Crippen LogP contribution in [0.15, 0.2) is 16.6 Å². The number of halogens is 4. The third-order valence-corrected chi connectivity index (χ3v) is 4.96. The van der Waals surface area contributed by atoms with Crippen LogP contribution in [0.25, 0.3) is 0 Å². The minimum Gasteiger partial charge on any atom is -0.443 e. The molecule has 138 valence electrons. The smallest absolute Gasteiger partial charge is 0.418 e. The quantitative estimate of drug-likeness (QED) is 0.563. The Morgan fingerprint density at radius 1 is 1.20 bits per heavy atom. The van der Waals surface area contributed by atoms with Gasteiger partial charge in [-0.3, -0.25) is 4.90 Å². The fourth-order valence-corrected chi connectivity index (χ4v) is 3.92. The van der Waals surface area contributed by atoms with E-state index >= 15 is 0 Å². The molecule has 1 saturated carbocycles. The highest BCUT2D eigenvalue weighted by Crippen LogP contribution is 2.48. The molecule has 1 aliphatic carbocycles. The zero-order chi connectivity index (χ0) is 18.6. The van der Waals surface area contributed by atoms with E-state index in [0.717, 1.165) is 18.9 Å². The van der Waals surface area contributed by atoms with Crippen LogP contribution in [0.4, 0.5) is 23.7 Å². The van der Waals surface area contributed by atoms with Crippen molar-refractivity contribution in [2.75, 3.05) is 4.90 Å². The van der Waals surface area contributed by atoms with Crippen LogP contribution in [0.3, 0.4) is 0 Å². The lowest BCUT2D eigenvalue weighted by molar-refractivity contribution is -0.137. The maximum atomic E-state index is 13.7. The number of anilines is 1. The average molecular weight is 420 g/mol. The van der Waals surface area contributed by atoms with Crippen LogP contribution in [0.5, 0.6) is 0 Å². The highest BCUT2D eigenvalue weighted by molar-refractivity contribution is 9.10. The van der Waals surface area contributed by atoms with Crippen molar-refractivity contribution in [1.29, 1.82) is 0 Å². The molecule has 0 N–H and O–H groups in total. The second kappa shape index (κ2) is 6.18. The number of hydrogen-bond donors (Lipinski definition) is 0. The molecule has 25 heavy (non-hydrogen) atoms. The number of carbonyl (C=O) groups excluding carboxylic acids is 1. The molecule has 1 atom stereocenters. The summed E-state index contributed by atoms with van der Waals surface area (Å²) in [4.78, 5) is 14.1. The van der Waals surface area contributed by atoms with E-state index in [1.807, 2.05) is 0 Å². The second-order valence-corrected chi connectivity index (χ2v) is 8.67. The SMILES string of the molecule is CC(C)(C)OC(=O)N1c2c(cc(Br)cc2C(F)(F)F)CCC1C1CC1. The molecule has 0 radical (unpaired) electrons. The van der Waals surface area contributed by atoms with E-state index in [4.69, 9.17) is 4.74 Å². The van der Waals surface area contributed by atoms with E-state index in [1.165, 1.54) is 4.90 Å². The first-order chi connectivity index (χ1) is 11.5. The monoisotopic (exact) mass is 419 g/mol. The van der Waals surface area contributed by atoms with Crippen LogP contribution in [0.1, 0.15) is 51.2 Å². The summed E-state index contributed by atoms with van der Waals surface area (Å²) < 4.78 is 46.8. The summed E-state index contributed by atoms with van der Waals surface area (Å²) in [6.07, 6.45) is -2.17. The Morgan fingerprint density at radius 3 is 2.36 bits per heavy atom. The van der Waals surface area contributed by atoms with Gasteiger partial charge in [0.15, 0.2) is 0 Å². The number of carbonyl (C=O) groups is 1. The molecule has 0 aromatic heterocycles. The molecular formula is C18H21BrF3NO2. The van der Waals surface area contributed by atoms with Gasteiger partial charge in [-0.15, -0.1) is 0 Å². The molecule has 3 nitrogen and oxygen atoms in total. The predicted molar refractivity (Wildman–Crippen MR) is 92.7 cm³/mol. The third-order valence-electron chi connectivity index (χ3n) is 4.50. The second-order valence-electron chi connectivity index (χ2n) is 7.75.